The van der Waals surface area contributed by atoms with E-state index >= 15 is 0 Å². The van der Waals surface area contributed by atoms with Crippen LogP contribution in [-0.2, 0) is 0 Å². The van der Waals surface area contributed by atoms with Crippen LogP contribution in [0.5, 0.6) is 0 Å². The summed E-state index contributed by atoms with van der Waals surface area (Å²) in [7, 11) is 0. The Morgan fingerprint density at radius 1 is 0.885 bits per heavy atom. The Morgan fingerprint density at radius 3 is 2.19 bits per heavy atom. The van der Waals surface area contributed by atoms with Crippen LogP contribution < -0.4 is 0 Å². The summed E-state index contributed by atoms with van der Waals surface area (Å²) in [4.78, 5) is 0. The minimum atomic E-state index is -1.34. The summed E-state index contributed by atoms with van der Waals surface area (Å²) in [5.41, 5.74) is -0.148. The van der Waals surface area contributed by atoms with Crippen LogP contribution >= 0.6 is 0 Å². The molecule has 0 heterocycles. The minimum Gasteiger partial charge on any atom is -0.206 e. The fraction of sp³-hybridized carbons (Fsp3) is 0.455. The molecule has 0 bridgehead atoms. The minimum absolute atomic E-state index is 0.135. The Morgan fingerprint density at radius 2 is 1.58 bits per heavy atom. The third-order valence-corrected chi connectivity index (χ3v) is 5.62. The van der Waals surface area contributed by atoms with Gasteiger partial charge in [-0.1, -0.05) is 31.9 Å². The van der Waals surface area contributed by atoms with Gasteiger partial charge in [-0.25, -0.2) is 17.6 Å². The molecule has 0 atom stereocenters. The normalized spacial score (nSPS) is 20.4. The Kier molecular flexibility index (Phi) is 5.69. The molecular formula is C22H24F4. The van der Waals surface area contributed by atoms with Gasteiger partial charge in [0.05, 0.1) is 5.56 Å². The van der Waals surface area contributed by atoms with Crippen molar-refractivity contribution >= 4 is 0 Å². The number of rotatable bonds is 4. The monoisotopic (exact) mass is 364 g/mol. The highest BCUT2D eigenvalue weighted by Crippen LogP contribution is 2.39. The summed E-state index contributed by atoms with van der Waals surface area (Å²) >= 11 is 0. The van der Waals surface area contributed by atoms with Gasteiger partial charge in [0.25, 0.3) is 0 Å². The summed E-state index contributed by atoms with van der Waals surface area (Å²) < 4.78 is 56.8. The summed E-state index contributed by atoms with van der Waals surface area (Å²) in [6.45, 7) is 3.46. The standard InChI is InChI=1S/C22H24F4/c1-3-4-14-5-7-15(8-6-14)16-9-10-17(18(23)12-16)20-19(24)11-13(2)21(25)22(20)26/h9-12,14-15H,3-8H2,1-2H3/t14-,15-. The molecule has 1 saturated carbocycles. The molecule has 0 amide bonds. The van der Waals surface area contributed by atoms with Gasteiger partial charge in [0, 0.05) is 5.56 Å². The highest BCUT2D eigenvalue weighted by atomic mass is 19.2. The van der Waals surface area contributed by atoms with Crippen molar-refractivity contribution in [2.75, 3.05) is 0 Å². The molecule has 1 fully saturated rings. The van der Waals surface area contributed by atoms with Gasteiger partial charge >= 0.3 is 0 Å². The lowest BCUT2D eigenvalue weighted by atomic mass is 9.77. The Labute approximate surface area is 152 Å². The van der Waals surface area contributed by atoms with Crippen molar-refractivity contribution in [3.05, 3.63) is 58.7 Å². The maximum atomic E-state index is 14.6. The van der Waals surface area contributed by atoms with E-state index in [1.165, 1.54) is 31.9 Å². The molecule has 26 heavy (non-hydrogen) atoms. The molecule has 2 aromatic rings. The third kappa shape index (κ3) is 3.65. The average molecular weight is 364 g/mol. The summed E-state index contributed by atoms with van der Waals surface area (Å²) in [5.74, 6) is -3.11. The lowest BCUT2D eigenvalue weighted by molar-refractivity contribution is 0.308. The van der Waals surface area contributed by atoms with Gasteiger partial charge in [0.15, 0.2) is 11.6 Å². The van der Waals surface area contributed by atoms with Crippen LogP contribution in [0.15, 0.2) is 24.3 Å². The zero-order chi connectivity index (χ0) is 18.8. The second-order valence-electron chi connectivity index (χ2n) is 7.42. The van der Waals surface area contributed by atoms with Gasteiger partial charge < -0.3 is 0 Å². The third-order valence-electron chi connectivity index (χ3n) is 5.62. The lowest BCUT2D eigenvalue weighted by Crippen LogP contribution is -2.13. The lowest BCUT2D eigenvalue weighted by Gasteiger charge is -2.28. The largest absolute Gasteiger partial charge is 0.206 e. The highest BCUT2D eigenvalue weighted by Gasteiger charge is 2.24. The highest BCUT2D eigenvalue weighted by molar-refractivity contribution is 5.66. The first-order chi connectivity index (χ1) is 12.4. The van der Waals surface area contributed by atoms with E-state index < -0.39 is 28.8 Å². The van der Waals surface area contributed by atoms with Gasteiger partial charge in [0.2, 0.25) is 0 Å². The topological polar surface area (TPSA) is 0 Å². The van der Waals surface area contributed by atoms with E-state index in [2.05, 4.69) is 6.92 Å². The number of aryl methyl sites for hydroxylation is 1. The van der Waals surface area contributed by atoms with Gasteiger partial charge in [-0.2, -0.15) is 0 Å². The fourth-order valence-corrected chi connectivity index (χ4v) is 4.14. The molecule has 0 aliphatic heterocycles. The van der Waals surface area contributed by atoms with Crippen molar-refractivity contribution in [3.63, 3.8) is 0 Å². The van der Waals surface area contributed by atoms with Crippen LogP contribution in [0.1, 0.15) is 62.5 Å². The summed E-state index contributed by atoms with van der Waals surface area (Å²) in [6.07, 6.45) is 6.69. The quantitative estimate of drug-likeness (QED) is 0.395. The van der Waals surface area contributed by atoms with Gasteiger partial charge in [0.1, 0.15) is 11.6 Å². The summed E-state index contributed by atoms with van der Waals surface area (Å²) in [6, 6.07) is 5.35. The van der Waals surface area contributed by atoms with E-state index in [1.807, 2.05) is 0 Å². The van der Waals surface area contributed by atoms with E-state index in [0.29, 0.717) is 0 Å². The summed E-state index contributed by atoms with van der Waals surface area (Å²) in [5, 5.41) is 0. The van der Waals surface area contributed by atoms with Crippen LogP contribution in [0.2, 0.25) is 0 Å². The Bertz CT molecular complexity index is 789. The fourth-order valence-electron chi connectivity index (χ4n) is 4.14. The molecule has 0 saturated heterocycles. The molecule has 140 valence electrons. The molecule has 1 aliphatic rings. The molecule has 3 rings (SSSR count). The molecule has 0 unspecified atom stereocenters. The predicted octanol–water partition coefficient (Wildman–Crippen LogP) is 7.29. The molecule has 0 aromatic heterocycles. The van der Waals surface area contributed by atoms with Crippen molar-refractivity contribution in [2.24, 2.45) is 5.92 Å². The number of benzene rings is 2. The molecule has 0 spiro atoms. The number of hydrogen-bond acceptors (Lipinski definition) is 0. The molecule has 0 radical (unpaired) electrons. The maximum Gasteiger partial charge on any atom is 0.169 e. The van der Waals surface area contributed by atoms with E-state index in [0.717, 1.165) is 43.2 Å². The van der Waals surface area contributed by atoms with Gasteiger partial charge in [-0.3, -0.25) is 0 Å². The Balaban J connectivity index is 1.87. The van der Waals surface area contributed by atoms with E-state index in [-0.39, 0.29) is 17.0 Å². The van der Waals surface area contributed by atoms with E-state index in [4.69, 9.17) is 0 Å². The van der Waals surface area contributed by atoms with E-state index in [1.54, 1.807) is 6.07 Å². The van der Waals surface area contributed by atoms with Crippen molar-refractivity contribution in [2.45, 2.75) is 58.3 Å². The molecule has 1 aliphatic carbocycles. The first-order valence-electron chi connectivity index (χ1n) is 9.36. The predicted molar refractivity (Wildman–Crippen MR) is 96.1 cm³/mol. The maximum absolute atomic E-state index is 14.6. The van der Waals surface area contributed by atoms with Crippen LogP contribution in [0.25, 0.3) is 11.1 Å². The van der Waals surface area contributed by atoms with E-state index in [9.17, 15) is 17.6 Å². The average Bonchev–Trinajstić information content (AvgIpc) is 2.62. The number of hydrogen-bond donors (Lipinski definition) is 0. The van der Waals surface area contributed by atoms with Crippen LogP contribution in [0.3, 0.4) is 0 Å². The second-order valence-corrected chi connectivity index (χ2v) is 7.42. The molecular weight excluding hydrogens is 340 g/mol. The first kappa shape index (κ1) is 18.9. The van der Waals surface area contributed by atoms with Crippen molar-refractivity contribution in [1.82, 2.24) is 0 Å². The molecule has 2 aromatic carbocycles. The van der Waals surface area contributed by atoms with Crippen LogP contribution in [0, 0.1) is 36.1 Å². The van der Waals surface area contributed by atoms with Gasteiger partial charge in [-0.05, 0) is 67.7 Å². The van der Waals surface area contributed by atoms with Gasteiger partial charge in [-0.15, -0.1) is 0 Å². The smallest absolute Gasteiger partial charge is 0.169 e. The molecule has 4 heteroatoms. The second kappa shape index (κ2) is 7.81. The van der Waals surface area contributed by atoms with Crippen molar-refractivity contribution in [1.29, 1.82) is 0 Å². The SMILES string of the molecule is CCC[C@H]1CC[C@H](c2ccc(-c3c(F)cc(C)c(F)c3F)c(F)c2)CC1. The first-order valence-corrected chi connectivity index (χ1v) is 9.36. The van der Waals surface area contributed by atoms with Crippen molar-refractivity contribution < 1.29 is 17.6 Å². The Hall–Kier alpha value is -1.84. The van der Waals surface area contributed by atoms with Crippen LogP contribution in [-0.4, -0.2) is 0 Å². The zero-order valence-electron chi connectivity index (χ0n) is 15.2. The molecule has 0 N–H and O–H groups in total. The van der Waals surface area contributed by atoms with Crippen molar-refractivity contribution in [3.8, 4) is 11.1 Å². The number of halogens is 4. The zero-order valence-corrected chi connectivity index (χ0v) is 15.2. The molecule has 0 nitrogen and oxygen atoms in total. The van der Waals surface area contributed by atoms with Crippen LogP contribution in [0.4, 0.5) is 17.6 Å².